The van der Waals surface area contributed by atoms with Crippen molar-refractivity contribution in [2.24, 2.45) is 0 Å². The molecule has 0 aliphatic rings. The number of benzene rings is 1. The molecule has 0 saturated carbocycles. The van der Waals surface area contributed by atoms with Crippen molar-refractivity contribution in [3.05, 3.63) is 47.7 Å². The summed E-state index contributed by atoms with van der Waals surface area (Å²) >= 11 is 5.70. The highest BCUT2D eigenvalue weighted by Crippen LogP contribution is 2.15. The van der Waals surface area contributed by atoms with Crippen LogP contribution in [0.4, 0.5) is 0 Å². The van der Waals surface area contributed by atoms with Crippen molar-refractivity contribution in [2.45, 2.75) is 25.8 Å². The van der Waals surface area contributed by atoms with Crippen LogP contribution in [0.15, 0.2) is 42.1 Å². The molecule has 1 rings (SSSR count). The van der Waals surface area contributed by atoms with E-state index < -0.39 is 0 Å². The third-order valence-corrected chi connectivity index (χ3v) is 3.04. The second kappa shape index (κ2) is 8.59. The van der Waals surface area contributed by atoms with Gasteiger partial charge in [-0.3, -0.25) is 0 Å². The van der Waals surface area contributed by atoms with E-state index in [9.17, 15) is 4.79 Å². The molecule has 0 amide bonds. The van der Waals surface area contributed by atoms with Gasteiger partial charge in [-0.15, -0.1) is 11.6 Å². The van der Waals surface area contributed by atoms with Crippen molar-refractivity contribution >= 4 is 17.6 Å². The monoisotopic (exact) mass is 281 g/mol. The second-order valence-corrected chi connectivity index (χ2v) is 4.64. The molecule has 0 radical (unpaired) electrons. The molecule has 0 spiro atoms. The van der Waals surface area contributed by atoms with Crippen LogP contribution in [0.5, 0.6) is 0 Å². The van der Waals surface area contributed by atoms with Gasteiger partial charge in [-0.1, -0.05) is 30.3 Å². The Balaban J connectivity index is 2.71. The van der Waals surface area contributed by atoms with Gasteiger partial charge in [0, 0.05) is 23.7 Å². The van der Waals surface area contributed by atoms with Crippen LogP contribution in [-0.4, -0.2) is 19.0 Å². The average Bonchev–Trinajstić information content (AvgIpc) is 2.45. The summed E-state index contributed by atoms with van der Waals surface area (Å²) in [5, 5.41) is 3.33. The number of halogens is 1. The van der Waals surface area contributed by atoms with E-state index in [1.807, 2.05) is 18.2 Å². The van der Waals surface area contributed by atoms with Gasteiger partial charge in [-0.2, -0.15) is 0 Å². The van der Waals surface area contributed by atoms with Crippen LogP contribution < -0.4 is 5.32 Å². The van der Waals surface area contributed by atoms with E-state index in [0.29, 0.717) is 5.88 Å². The Hall–Kier alpha value is -1.48. The molecular formula is C15H20ClNO2. The van der Waals surface area contributed by atoms with Gasteiger partial charge >= 0.3 is 5.97 Å². The lowest BCUT2D eigenvalue weighted by Gasteiger charge is -2.18. The number of rotatable bonds is 7. The van der Waals surface area contributed by atoms with Crippen molar-refractivity contribution in [1.29, 1.82) is 0 Å². The SMILES string of the molecule is COC(=O)/C=C(/CCCCl)N[C@@H](C)c1ccccc1. The Morgan fingerprint density at radius 1 is 1.42 bits per heavy atom. The molecule has 104 valence electrons. The number of carbonyl (C=O) groups excluding carboxylic acids is 1. The van der Waals surface area contributed by atoms with E-state index in [1.54, 1.807) is 0 Å². The first-order chi connectivity index (χ1) is 9.17. The summed E-state index contributed by atoms with van der Waals surface area (Å²) in [6.45, 7) is 2.06. The van der Waals surface area contributed by atoms with Crippen molar-refractivity contribution in [2.75, 3.05) is 13.0 Å². The molecule has 0 heterocycles. The van der Waals surface area contributed by atoms with Gasteiger partial charge < -0.3 is 10.1 Å². The highest BCUT2D eigenvalue weighted by Gasteiger charge is 2.08. The number of carbonyl (C=O) groups is 1. The van der Waals surface area contributed by atoms with Crippen LogP contribution >= 0.6 is 11.6 Å². The minimum absolute atomic E-state index is 0.132. The Bertz CT molecular complexity index is 417. The molecule has 0 aliphatic carbocycles. The first kappa shape index (κ1) is 15.6. The lowest BCUT2D eigenvalue weighted by atomic mass is 10.1. The molecule has 1 N–H and O–H groups in total. The summed E-state index contributed by atoms with van der Waals surface area (Å²) in [6, 6.07) is 10.2. The number of esters is 1. The number of ether oxygens (including phenoxy) is 1. The van der Waals surface area contributed by atoms with Crippen LogP contribution in [0.2, 0.25) is 0 Å². The van der Waals surface area contributed by atoms with E-state index in [1.165, 1.54) is 18.7 Å². The molecule has 3 nitrogen and oxygen atoms in total. The minimum atomic E-state index is -0.350. The van der Waals surface area contributed by atoms with Crippen molar-refractivity contribution < 1.29 is 9.53 Å². The normalized spacial score (nSPS) is 12.9. The van der Waals surface area contributed by atoms with Gasteiger partial charge in [0.15, 0.2) is 0 Å². The highest BCUT2D eigenvalue weighted by atomic mass is 35.5. The third-order valence-electron chi connectivity index (χ3n) is 2.77. The quantitative estimate of drug-likeness (QED) is 0.473. The first-order valence-corrected chi connectivity index (χ1v) is 6.86. The second-order valence-electron chi connectivity index (χ2n) is 4.26. The van der Waals surface area contributed by atoms with Crippen LogP contribution in [-0.2, 0) is 9.53 Å². The van der Waals surface area contributed by atoms with Crippen LogP contribution in [0, 0.1) is 0 Å². The molecule has 1 aromatic carbocycles. The fraction of sp³-hybridized carbons (Fsp3) is 0.400. The predicted molar refractivity (Wildman–Crippen MR) is 78.0 cm³/mol. The summed E-state index contributed by atoms with van der Waals surface area (Å²) in [6.07, 6.45) is 3.04. The summed E-state index contributed by atoms with van der Waals surface area (Å²) in [4.78, 5) is 11.3. The summed E-state index contributed by atoms with van der Waals surface area (Å²) in [7, 11) is 1.37. The fourth-order valence-corrected chi connectivity index (χ4v) is 1.88. The molecule has 0 fully saturated rings. The van der Waals surface area contributed by atoms with E-state index in [-0.39, 0.29) is 12.0 Å². The number of methoxy groups -OCH3 is 1. The van der Waals surface area contributed by atoms with Gasteiger partial charge in [0.25, 0.3) is 0 Å². The Kier molecular flexibility index (Phi) is 7.04. The smallest absolute Gasteiger partial charge is 0.332 e. The number of hydrogen-bond donors (Lipinski definition) is 1. The Morgan fingerprint density at radius 2 is 2.11 bits per heavy atom. The molecule has 0 saturated heterocycles. The van der Waals surface area contributed by atoms with Gasteiger partial charge in [0.1, 0.15) is 0 Å². The third kappa shape index (κ3) is 5.79. The van der Waals surface area contributed by atoms with Crippen LogP contribution in [0.1, 0.15) is 31.4 Å². The molecule has 0 unspecified atom stereocenters. The maximum absolute atomic E-state index is 11.3. The maximum Gasteiger partial charge on any atom is 0.332 e. The summed E-state index contributed by atoms with van der Waals surface area (Å²) in [5.41, 5.74) is 2.02. The molecule has 4 heteroatoms. The molecule has 1 aromatic rings. The van der Waals surface area contributed by atoms with E-state index in [2.05, 4.69) is 29.1 Å². The zero-order chi connectivity index (χ0) is 14.1. The van der Waals surface area contributed by atoms with Crippen LogP contribution in [0.25, 0.3) is 0 Å². The number of allylic oxidation sites excluding steroid dienone is 1. The lowest BCUT2D eigenvalue weighted by molar-refractivity contribution is -0.134. The average molecular weight is 282 g/mol. The summed E-state index contributed by atoms with van der Waals surface area (Å²) in [5.74, 6) is 0.220. The van der Waals surface area contributed by atoms with Gasteiger partial charge in [0.05, 0.1) is 7.11 Å². The van der Waals surface area contributed by atoms with E-state index >= 15 is 0 Å². The van der Waals surface area contributed by atoms with Crippen molar-refractivity contribution in [3.8, 4) is 0 Å². The number of hydrogen-bond acceptors (Lipinski definition) is 3. The van der Waals surface area contributed by atoms with E-state index in [0.717, 1.165) is 18.5 Å². The van der Waals surface area contributed by atoms with Gasteiger partial charge in [0.2, 0.25) is 0 Å². The fourth-order valence-electron chi connectivity index (χ4n) is 1.75. The molecule has 1 atom stereocenters. The zero-order valence-corrected chi connectivity index (χ0v) is 12.1. The first-order valence-electron chi connectivity index (χ1n) is 6.33. The summed E-state index contributed by atoms with van der Waals surface area (Å²) < 4.78 is 4.66. The van der Waals surface area contributed by atoms with Crippen LogP contribution in [0.3, 0.4) is 0 Å². The van der Waals surface area contributed by atoms with Gasteiger partial charge in [-0.25, -0.2) is 4.79 Å². The Morgan fingerprint density at radius 3 is 2.68 bits per heavy atom. The number of alkyl halides is 1. The van der Waals surface area contributed by atoms with Crippen molar-refractivity contribution in [3.63, 3.8) is 0 Å². The van der Waals surface area contributed by atoms with Crippen molar-refractivity contribution in [1.82, 2.24) is 5.32 Å². The lowest BCUT2D eigenvalue weighted by Crippen LogP contribution is -2.19. The van der Waals surface area contributed by atoms with Gasteiger partial charge in [-0.05, 0) is 25.3 Å². The maximum atomic E-state index is 11.3. The highest BCUT2D eigenvalue weighted by molar-refractivity contribution is 6.17. The molecule has 0 aromatic heterocycles. The topological polar surface area (TPSA) is 38.3 Å². The standard InChI is InChI=1S/C15H20ClNO2/c1-12(13-7-4-3-5-8-13)17-14(9-6-10-16)11-15(18)19-2/h3-5,7-8,11-12,17H,6,9-10H2,1-2H3/b14-11-/t12-/m0/s1. The molecule has 0 aliphatic heterocycles. The molecule has 0 bridgehead atoms. The molecule has 19 heavy (non-hydrogen) atoms. The predicted octanol–water partition coefficient (Wildman–Crippen LogP) is 3.41. The molecular weight excluding hydrogens is 262 g/mol. The zero-order valence-electron chi connectivity index (χ0n) is 11.4. The Labute approximate surface area is 119 Å². The largest absolute Gasteiger partial charge is 0.466 e. The number of nitrogens with one attached hydrogen (secondary N) is 1. The van der Waals surface area contributed by atoms with E-state index in [4.69, 9.17) is 11.6 Å². The minimum Gasteiger partial charge on any atom is -0.466 e.